The van der Waals surface area contributed by atoms with Gasteiger partial charge in [-0.25, -0.2) is 4.79 Å². The van der Waals surface area contributed by atoms with Crippen molar-refractivity contribution in [2.45, 2.75) is 38.0 Å². The number of aromatic nitrogens is 1. The molecule has 0 bridgehead atoms. The van der Waals surface area contributed by atoms with Crippen molar-refractivity contribution in [2.24, 2.45) is 0 Å². The first-order chi connectivity index (χ1) is 15.2. The van der Waals surface area contributed by atoms with E-state index in [4.69, 9.17) is 11.6 Å². The third kappa shape index (κ3) is 6.01. The van der Waals surface area contributed by atoms with Crippen molar-refractivity contribution in [1.82, 2.24) is 4.98 Å². The Morgan fingerprint density at radius 2 is 1.66 bits per heavy atom. The van der Waals surface area contributed by atoms with E-state index < -0.39 is 12.3 Å². The summed E-state index contributed by atoms with van der Waals surface area (Å²) in [6, 6.07) is 15.9. The molecule has 0 radical (unpaired) electrons. The molecule has 0 aliphatic rings. The topological polar surface area (TPSA) is 59.4 Å². The molecule has 4 nitrogen and oxygen atoms in total. The zero-order valence-corrected chi connectivity index (χ0v) is 17.9. The molecule has 0 amide bonds. The van der Waals surface area contributed by atoms with Crippen LogP contribution in [0.3, 0.4) is 0 Å². The molecule has 168 valence electrons. The summed E-state index contributed by atoms with van der Waals surface area (Å²) in [5.41, 5.74) is 2.56. The third-order valence-electron chi connectivity index (χ3n) is 5.13. The molecule has 0 saturated carbocycles. The molecule has 0 fully saturated rings. The van der Waals surface area contributed by atoms with Gasteiger partial charge in [0.05, 0.1) is 10.6 Å². The van der Waals surface area contributed by atoms with E-state index in [1.165, 1.54) is 18.3 Å². The van der Waals surface area contributed by atoms with Gasteiger partial charge in [-0.2, -0.15) is 0 Å². The number of alkyl halides is 3. The number of rotatable bonds is 8. The molecule has 8 heteroatoms. The molecular formula is C24H21ClF3NO3. The van der Waals surface area contributed by atoms with E-state index in [2.05, 4.69) is 9.72 Å². The van der Waals surface area contributed by atoms with Crippen LogP contribution in [0.5, 0.6) is 5.75 Å². The second-order valence-corrected chi connectivity index (χ2v) is 7.75. The highest BCUT2D eigenvalue weighted by atomic mass is 35.5. The average Bonchev–Trinajstić information content (AvgIpc) is 2.75. The lowest BCUT2D eigenvalue weighted by atomic mass is 9.76. The minimum absolute atomic E-state index is 0.0918. The Hall–Kier alpha value is -3.06. The van der Waals surface area contributed by atoms with Crippen LogP contribution in [0.25, 0.3) is 0 Å². The van der Waals surface area contributed by atoms with Crippen molar-refractivity contribution < 1.29 is 27.8 Å². The quantitative estimate of drug-likeness (QED) is 0.389. The summed E-state index contributed by atoms with van der Waals surface area (Å²) in [7, 11) is 0. The molecule has 32 heavy (non-hydrogen) atoms. The van der Waals surface area contributed by atoms with Gasteiger partial charge in [0.15, 0.2) is 0 Å². The van der Waals surface area contributed by atoms with Gasteiger partial charge < -0.3 is 9.84 Å². The van der Waals surface area contributed by atoms with E-state index in [9.17, 15) is 23.1 Å². The summed E-state index contributed by atoms with van der Waals surface area (Å²) < 4.78 is 41.7. The molecule has 1 heterocycles. The standard InChI is InChI=1S/C24H21ClF3NO3/c1-2-3-20(15-4-6-17(7-5-15)23(30)31)22(21-13-10-18(25)14-29-21)16-8-11-19(12-9-16)32-24(26,27)28/h4-14,20,22H,2-3H2,1H3,(H,30,31). The summed E-state index contributed by atoms with van der Waals surface area (Å²) in [4.78, 5) is 15.7. The van der Waals surface area contributed by atoms with Crippen LogP contribution in [0.4, 0.5) is 13.2 Å². The lowest BCUT2D eigenvalue weighted by Crippen LogP contribution is -2.17. The Labute approximate surface area is 188 Å². The zero-order chi connectivity index (χ0) is 23.3. The summed E-state index contributed by atoms with van der Waals surface area (Å²) in [6.07, 6.45) is -1.65. The molecule has 3 rings (SSSR count). The lowest BCUT2D eigenvalue weighted by molar-refractivity contribution is -0.274. The number of carboxylic acids is 1. The van der Waals surface area contributed by atoms with Gasteiger partial charge in [0.1, 0.15) is 5.75 Å². The number of ether oxygens (including phenoxy) is 1. The normalized spacial score (nSPS) is 13.4. The predicted octanol–water partition coefficient (Wildman–Crippen LogP) is 7.05. The maximum atomic E-state index is 12.6. The van der Waals surface area contributed by atoms with Crippen LogP contribution in [0, 0.1) is 0 Å². The number of hydrogen-bond acceptors (Lipinski definition) is 3. The number of carboxylic acid groups (broad SMARTS) is 1. The van der Waals surface area contributed by atoms with Crippen LogP contribution in [-0.4, -0.2) is 22.4 Å². The van der Waals surface area contributed by atoms with Crippen molar-refractivity contribution in [2.75, 3.05) is 0 Å². The van der Waals surface area contributed by atoms with Crippen molar-refractivity contribution >= 4 is 17.6 Å². The second kappa shape index (κ2) is 10.0. The Morgan fingerprint density at radius 1 is 1.03 bits per heavy atom. The van der Waals surface area contributed by atoms with Crippen LogP contribution >= 0.6 is 11.6 Å². The molecule has 2 aromatic carbocycles. The number of halogens is 4. The Morgan fingerprint density at radius 3 is 2.16 bits per heavy atom. The Kier molecular flexibility index (Phi) is 7.40. The predicted molar refractivity (Wildman–Crippen MR) is 115 cm³/mol. The number of pyridine rings is 1. The van der Waals surface area contributed by atoms with Gasteiger partial charge >= 0.3 is 12.3 Å². The minimum Gasteiger partial charge on any atom is -0.478 e. The number of aromatic carboxylic acids is 1. The number of nitrogens with zero attached hydrogens (tertiary/aromatic N) is 1. The fraction of sp³-hybridized carbons (Fsp3) is 0.250. The molecule has 3 aromatic rings. The van der Waals surface area contributed by atoms with Crippen LogP contribution in [0.2, 0.25) is 5.02 Å². The number of hydrogen-bond donors (Lipinski definition) is 1. The fourth-order valence-corrected chi connectivity index (χ4v) is 3.88. The van der Waals surface area contributed by atoms with Crippen molar-refractivity contribution in [3.05, 3.63) is 94.3 Å². The summed E-state index contributed by atoms with van der Waals surface area (Å²) in [5.74, 6) is -1.70. The molecule has 1 N–H and O–H groups in total. The first kappa shape index (κ1) is 23.6. The van der Waals surface area contributed by atoms with Crippen molar-refractivity contribution in [1.29, 1.82) is 0 Å². The molecule has 0 spiro atoms. The van der Waals surface area contributed by atoms with Crippen molar-refractivity contribution in [3.63, 3.8) is 0 Å². The summed E-state index contributed by atoms with van der Waals surface area (Å²) >= 11 is 6.01. The van der Waals surface area contributed by atoms with Gasteiger partial charge in [0.25, 0.3) is 0 Å². The highest BCUT2D eigenvalue weighted by Gasteiger charge is 2.32. The van der Waals surface area contributed by atoms with E-state index >= 15 is 0 Å². The average molecular weight is 464 g/mol. The van der Waals surface area contributed by atoms with Gasteiger partial charge in [-0.3, -0.25) is 4.98 Å². The highest BCUT2D eigenvalue weighted by Crippen LogP contribution is 2.41. The first-order valence-corrected chi connectivity index (χ1v) is 10.4. The zero-order valence-electron chi connectivity index (χ0n) is 17.1. The van der Waals surface area contributed by atoms with E-state index in [1.54, 1.807) is 48.5 Å². The third-order valence-corrected chi connectivity index (χ3v) is 5.35. The van der Waals surface area contributed by atoms with Crippen LogP contribution in [0.15, 0.2) is 66.9 Å². The Balaban J connectivity index is 2.05. The fourth-order valence-electron chi connectivity index (χ4n) is 3.77. The van der Waals surface area contributed by atoms with Gasteiger partial charge in [-0.15, -0.1) is 13.2 Å². The largest absolute Gasteiger partial charge is 0.573 e. The monoisotopic (exact) mass is 463 g/mol. The molecular weight excluding hydrogens is 443 g/mol. The molecule has 1 aromatic heterocycles. The van der Waals surface area contributed by atoms with Crippen LogP contribution in [0.1, 0.15) is 58.8 Å². The minimum atomic E-state index is -4.77. The second-order valence-electron chi connectivity index (χ2n) is 7.32. The molecule has 2 atom stereocenters. The van der Waals surface area contributed by atoms with E-state index in [0.29, 0.717) is 10.7 Å². The van der Waals surface area contributed by atoms with Crippen LogP contribution in [-0.2, 0) is 0 Å². The Bertz CT molecular complexity index is 1040. The van der Waals surface area contributed by atoms with E-state index in [0.717, 1.165) is 24.0 Å². The molecule has 0 aliphatic heterocycles. The maximum Gasteiger partial charge on any atom is 0.573 e. The molecule has 2 unspecified atom stereocenters. The molecule has 0 saturated heterocycles. The van der Waals surface area contributed by atoms with Gasteiger partial charge in [0.2, 0.25) is 0 Å². The van der Waals surface area contributed by atoms with E-state index in [1.807, 2.05) is 6.92 Å². The molecule has 0 aliphatic carbocycles. The maximum absolute atomic E-state index is 12.6. The van der Waals surface area contributed by atoms with E-state index in [-0.39, 0.29) is 23.1 Å². The van der Waals surface area contributed by atoms with Gasteiger partial charge in [-0.1, -0.05) is 49.2 Å². The van der Waals surface area contributed by atoms with Gasteiger partial charge in [-0.05, 0) is 59.9 Å². The lowest BCUT2D eigenvalue weighted by Gasteiger charge is -2.28. The number of carbonyl (C=O) groups is 1. The van der Waals surface area contributed by atoms with Crippen LogP contribution < -0.4 is 4.74 Å². The number of benzene rings is 2. The SMILES string of the molecule is CCCC(c1ccc(C(=O)O)cc1)C(c1ccc(OC(F)(F)F)cc1)c1ccc(Cl)cn1. The summed E-state index contributed by atoms with van der Waals surface area (Å²) in [6.45, 7) is 2.03. The highest BCUT2D eigenvalue weighted by molar-refractivity contribution is 6.30. The first-order valence-electron chi connectivity index (χ1n) is 9.98. The smallest absolute Gasteiger partial charge is 0.478 e. The van der Waals surface area contributed by atoms with Gasteiger partial charge in [0, 0.05) is 17.8 Å². The summed E-state index contributed by atoms with van der Waals surface area (Å²) in [5, 5.41) is 9.67. The van der Waals surface area contributed by atoms with Crippen molar-refractivity contribution in [3.8, 4) is 5.75 Å².